The van der Waals surface area contributed by atoms with Gasteiger partial charge in [-0.05, 0) is 0 Å². The van der Waals surface area contributed by atoms with E-state index < -0.39 is 22.1 Å². The van der Waals surface area contributed by atoms with E-state index in [1.165, 1.54) is 0 Å². The molecule has 0 spiro atoms. The van der Waals surface area contributed by atoms with Crippen LogP contribution in [0.1, 0.15) is 6.42 Å². The molecule has 1 aliphatic rings. The second kappa shape index (κ2) is 7.98. The molecule has 4 atom stereocenters. The van der Waals surface area contributed by atoms with Crippen molar-refractivity contribution in [2.75, 3.05) is 27.9 Å². The molecule has 1 saturated heterocycles. The van der Waals surface area contributed by atoms with Gasteiger partial charge in [-0.1, -0.05) is 34.8 Å². The van der Waals surface area contributed by atoms with E-state index in [4.69, 9.17) is 63.9 Å². The zero-order valence-corrected chi connectivity index (χ0v) is 13.7. The molecule has 0 aromatic heterocycles. The van der Waals surface area contributed by atoms with Crippen LogP contribution in [0.25, 0.3) is 0 Å². The minimum absolute atomic E-state index is 0.276. The third-order valence-electron chi connectivity index (χ3n) is 2.90. The number of alkyl halides is 3. The third kappa shape index (κ3) is 4.87. The smallest absolute Gasteiger partial charge is 0.265 e. The van der Waals surface area contributed by atoms with Gasteiger partial charge in [0.15, 0.2) is 0 Å². The third-order valence-corrected chi connectivity index (χ3v) is 3.41. The Kier molecular flexibility index (Phi) is 7.28. The van der Waals surface area contributed by atoms with Crippen molar-refractivity contribution in [3.63, 3.8) is 0 Å². The summed E-state index contributed by atoms with van der Waals surface area (Å²) in [4.78, 5) is 0. The molecule has 1 N–H and O–H groups in total. The van der Waals surface area contributed by atoms with Crippen molar-refractivity contribution in [2.24, 2.45) is 0 Å². The number of rotatable bonds is 5. The van der Waals surface area contributed by atoms with Gasteiger partial charge in [-0.25, -0.2) is 0 Å². The average molecular weight is 351 g/mol. The molecule has 1 fully saturated rings. The summed E-state index contributed by atoms with van der Waals surface area (Å²) in [6.07, 6.45) is -1.41. The molecule has 6 nitrogen and oxygen atoms in total. The highest BCUT2D eigenvalue weighted by Gasteiger charge is 2.42. The van der Waals surface area contributed by atoms with Gasteiger partial charge in [0.2, 0.25) is 12.2 Å². The highest BCUT2D eigenvalue weighted by molar-refractivity contribution is 6.76. The van der Waals surface area contributed by atoms with Crippen LogP contribution in [-0.2, 0) is 23.7 Å². The van der Waals surface area contributed by atoms with Gasteiger partial charge in [-0.15, -0.1) is 0 Å². The summed E-state index contributed by atoms with van der Waals surface area (Å²) in [6.45, 7) is 0.291. The molecule has 0 radical (unpaired) electrons. The fourth-order valence-electron chi connectivity index (χ4n) is 2.00. The van der Waals surface area contributed by atoms with Crippen LogP contribution in [0.15, 0.2) is 0 Å². The first-order valence-electron chi connectivity index (χ1n) is 5.85. The van der Waals surface area contributed by atoms with E-state index in [0.717, 1.165) is 0 Å². The highest BCUT2D eigenvalue weighted by atomic mass is 35.6. The molecule has 118 valence electrons. The van der Waals surface area contributed by atoms with Crippen molar-refractivity contribution in [2.45, 2.75) is 34.8 Å². The standard InChI is InChI=1S/C11H18Cl3NO5/c1-16-5-7-9(18-3)6(17-2)4-8(19-7)20-10(15)11(12,13)14/h6-9,15H,4-5H2,1-3H3/t6-,7-,8+,9-/m1/s1. The van der Waals surface area contributed by atoms with Gasteiger partial charge in [0.25, 0.3) is 3.79 Å². The molecular weight excluding hydrogens is 332 g/mol. The maximum atomic E-state index is 7.56. The zero-order valence-electron chi connectivity index (χ0n) is 11.4. The summed E-state index contributed by atoms with van der Waals surface area (Å²) in [7, 11) is 4.67. The van der Waals surface area contributed by atoms with Crippen molar-refractivity contribution in [1.29, 1.82) is 5.41 Å². The lowest BCUT2D eigenvalue weighted by Gasteiger charge is -2.40. The Balaban J connectivity index is 2.73. The summed E-state index contributed by atoms with van der Waals surface area (Å²) in [6, 6.07) is 0. The molecule has 0 amide bonds. The molecule has 0 aromatic carbocycles. The molecule has 0 aromatic rings. The van der Waals surface area contributed by atoms with Crippen LogP contribution in [0.5, 0.6) is 0 Å². The largest absolute Gasteiger partial charge is 0.448 e. The lowest BCUT2D eigenvalue weighted by molar-refractivity contribution is -0.246. The molecule has 0 aliphatic carbocycles. The lowest BCUT2D eigenvalue weighted by atomic mass is 10.0. The Bertz CT molecular complexity index is 326. The van der Waals surface area contributed by atoms with E-state index in [1.54, 1.807) is 21.3 Å². The van der Waals surface area contributed by atoms with Crippen molar-refractivity contribution in [3.05, 3.63) is 0 Å². The van der Waals surface area contributed by atoms with E-state index in [1.807, 2.05) is 0 Å². The topological polar surface area (TPSA) is 70.0 Å². The Labute approximate surface area is 133 Å². The molecule has 0 saturated carbocycles. The van der Waals surface area contributed by atoms with Gasteiger partial charge >= 0.3 is 0 Å². The van der Waals surface area contributed by atoms with Gasteiger partial charge in [-0.2, -0.15) is 0 Å². The number of hydrogen-bond acceptors (Lipinski definition) is 6. The molecule has 0 unspecified atom stereocenters. The maximum Gasteiger partial charge on any atom is 0.265 e. The Morgan fingerprint density at radius 3 is 2.35 bits per heavy atom. The molecule has 20 heavy (non-hydrogen) atoms. The number of halogens is 3. The van der Waals surface area contributed by atoms with Crippen LogP contribution < -0.4 is 0 Å². The number of nitrogens with one attached hydrogen (secondary N) is 1. The fraction of sp³-hybridized carbons (Fsp3) is 0.909. The SMILES string of the molecule is COC[C@H]1O[C@@H](OC(=N)C(Cl)(Cl)Cl)C[C@@H](OC)[C@H]1OC. The first kappa shape index (κ1) is 18.2. The van der Waals surface area contributed by atoms with Crippen LogP contribution in [0.3, 0.4) is 0 Å². The first-order valence-corrected chi connectivity index (χ1v) is 6.99. The quantitative estimate of drug-likeness (QED) is 0.467. The highest BCUT2D eigenvalue weighted by Crippen LogP contribution is 2.31. The van der Waals surface area contributed by atoms with Crippen molar-refractivity contribution in [1.82, 2.24) is 0 Å². The lowest BCUT2D eigenvalue weighted by Crippen LogP contribution is -2.53. The second-order valence-electron chi connectivity index (χ2n) is 4.21. The number of hydrogen-bond donors (Lipinski definition) is 1. The summed E-state index contributed by atoms with van der Waals surface area (Å²) in [5.41, 5.74) is 0. The Morgan fingerprint density at radius 2 is 1.90 bits per heavy atom. The summed E-state index contributed by atoms with van der Waals surface area (Å²) >= 11 is 16.7. The fourth-order valence-corrected chi connectivity index (χ4v) is 2.13. The average Bonchev–Trinajstić information content (AvgIpc) is 2.37. The van der Waals surface area contributed by atoms with Crippen LogP contribution >= 0.6 is 34.8 Å². The van der Waals surface area contributed by atoms with Crippen LogP contribution in [0.2, 0.25) is 0 Å². The van der Waals surface area contributed by atoms with Gasteiger partial charge in [0, 0.05) is 27.8 Å². The number of ether oxygens (including phenoxy) is 5. The number of methoxy groups -OCH3 is 3. The van der Waals surface area contributed by atoms with E-state index in [0.29, 0.717) is 13.0 Å². The molecule has 1 aliphatic heterocycles. The predicted molar refractivity (Wildman–Crippen MR) is 75.8 cm³/mol. The molecule has 9 heteroatoms. The Morgan fingerprint density at radius 1 is 1.25 bits per heavy atom. The summed E-state index contributed by atoms with van der Waals surface area (Å²) < 4.78 is 24.8. The van der Waals surface area contributed by atoms with Gasteiger partial charge in [0.05, 0.1) is 12.7 Å². The second-order valence-corrected chi connectivity index (χ2v) is 6.50. The van der Waals surface area contributed by atoms with Crippen LogP contribution in [0, 0.1) is 5.41 Å². The van der Waals surface area contributed by atoms with Crippen molar-refractivity contribution < 1.29 is 23.7 Å². The zero-order chi connectivity index (χ0) is 15.3. The molecule has 0 bridgehead atoms. The van der Waals surface area contributed by atoms with Crippen molar-refractivity contribution in [3.8, 4) is 0 Å². The molecule has 1 heterocycles. The minimum atomic E-state index is -1.93. The van der Waals surface area contributed by atoms with E-state index >= 15 is 0 Å². The maximum absolute atomic E-state index is 7.56. The van der Waals surface area contributed by atoms with Crippen LogP contribution in [0.4, 0.5) is 0 Å². The van der Waals surface area contributed by atoms with E-state index in [2.05, 4.69) is 0 Å². The normalized spacial score (nSPS) is 31.1. The first-order chi connectivity index (χ1) is 9.33. The monoisotopic (exact) mass is 349 g/mol. The van der Waals surface area contributed by atoms with Gasteiger partial charge in [0.1, 0.15) is 12.2 Å². The van der Waals surface area contributed by atoms with Gasteiger partial charge < -0.3 is 23.7 Å². The van der Waals surface area contributed by atoms with Gasteiger partial charge in [-0.3, -0.25) is 5.41 Å². The van der Waals surface area contributed by atoms with E-state index in [-0.39, 0.29) is 12.2 Å². The molecule has 1 rings (SSSR count). The van der Waals surface area contributed by atoms with Crippen molar-refractivity contribution >= 4 is 40.7 Å². The van der Waals surface area contributed by atoms with Crippen LogP contribution in [-0.4, -0.2) is 62.2 Å². The van der Waals surface area contributed by atoms with E-state index in [9.17, 15) is 0 Å². The minimum Gasteiger partial charge on any atom is -0.448 e. The molecular formula is C11H18Cl3NO5. The predicted octanol–water partition coefficient (Wildman–Crippen LogP) is 2.14. The summed E-state index contributed by atoms with van der Waals surface area (Å²) in [5.74, 6) is -0.505. The Hall–Kier alpha value is 0.180. The summed E-state index contributed by atoms with van der Waals surface area (Å²) in [5, 5.41) is 7.56.